The maximum Gasteiger partial charge on any atom is 0.0991 e. The molecule has 1 rings (SSSR count). The quantitative estimate of drug-likeness (QED) is 0.813. The number of hydrogen-bond acceptors (Lipinski definition) is 3. The Morgan fingerprint density at radius 3 is 2.47 bits per heavy atom. The van der Waals surface area contributed by atoms with Crippen molar-refractivity contribution in [3.8, 4) is 6.07 Å². The molecule has 0 saturated carbocycles. The first-order valence-electron chi connectivity index (χ1n) is 5.99. The van der Waals surface area contributed by atoms with Gasteiger partial charge in [-0.05, 0) is 51.7 Å². The molecule has 0 spiro atoms. The largest absolute Gasteiger partial charge is 0.310 e. The van der Waals surface area contributed by atoms with Crippen LogP contribution in [0.25, 0.3) is 0 Å². The average Bonchev–Trinajstić information content (AvgIpc) is 2.34. The van der Waals surface area contributed by atoms with Crippen molar-refractivity contribution >= 4 is 0 Å². The third-order valence-electron chi connectivity index (χ3n) is 2.75. The highest BCUT2D eigenvalue weighted by molar-refractivity contribution is 5.31. The molecule has 1 unspecified atom stereocenters. The van der Waals surface area contributed by atoms with Crippen molar-refractivity contribution in [1.82, 2.24) is 10.2 Å². The van der Waals surface area contributed by atoms with Gasteiger partial charge in [0.15, 0.2) is 0 Å². The third kappa shape index (κ3) is 5.48. The van der Waals surface area contributed by atoms with Gasteiger partial charge < -0.3 is 10.2 Å². The summed E-state index contributed by atoms with van der Waals surface area (Å²) < 4.78 is 0. The lowest BCUT2D eigenvalue weighted by Crippen LogP contribution is -2.29. The summed E-state index contributed by atoms with van der Waals surface area (Å²) in [6.07, 6.45) is 1.14. The van der Waals surface area contributed by atoms with Crippen LogP contribution in [0.1, 0.15) is 24.5 Å². The summed E-state index contributed by atoms with van der Waals surface area (Å²) in [7, 11) is 4.18. The Morgan fingerprint density at radius 1 is 1.29 bits per heavy atom. The minimum Gasteiger partial charge on any atom is -0.310 e. The molecule has 0 aromatic heterocycles. The van der Waals surface area contributed by atoms with Crippen LogP contribution in [-0.2, 0) is 6.54 Å². The highest BCUT2D eigenvalue weighted by Gasteiger charge is 2.02. The summed E-state index contributed by atoms with van der Waals surface area (Å²) in [5, 5.41) is 12.2. The summed E-state index contributed by atoms with van der Waals surface area (Å²) in [6.45, 7) is 4.16. The van der Waals surface area contributed by atoms with Crippen molar-refractivity contribution in [1.29, 1.82) is 5.26 Å². The number of nitrogens with zero attached hydrogens (tertiary/aromatic N) is 2. The molecule has 3 heteroatoms. The van der Waals surface area contributed by atoms with E-state index in [1.54, 1.807) is 0 Å². The lowest BCUT2D eigenvalue weighted by Gasteiger charge is -2.16. The van der Waals surface area contributed by atoms with E-state index in [9.17, 15) is 0 Å². The van der Waals surface area contributed by atoms with Crippen LogP contribution in [0, 0.1) is 11.3 Å². The van der Waals surface area contributed by atoms with Gasteiger partial charge in [-0.3, -0.25) is 0 Å². The SMILES string of the molecule is CC(CCN(C)C)NCc1ccc(C#N)cc1. The van der Waals surface area contributed by atoms with Crippen molar-refractivity contribution in [2.75, 3.05) is 20.6 Å². The zero-order chi connectivity index (χ0) is 12.7. The highest BCUT2D eigenvalue weighted by atomic mass is 15.1. The van der Waals surface area contributed by atoms with Crippen molar-refractivity contribution in [2.24, 2.45) is 0 Å². The maximum absolute atomic E-state index is 8.70. The summed E-state index contributed by atoms with van der Waals surface area (Å²) >= 11 is 0. The normalized spacial score (nSPS) is 12.4. The molecule has 1 atom stereocenters. The van der Waals surface area contributed by atoms with Crippen LogP contribution in [0.5, 0.6) is 0 Å². The van der Waals surface area contributed by atoms with Gasteiger partial charge >= 0.3 is 0 Å². The van der Waals surface area contributed by atoms with Crippen LogP contribution in [0.4, 0.5) is 0 Å². The van der Waals surface area contributed by atoms with E-state index in [0.717, 1.165) is 25.1 Å². The number of nitrogens with one attached hydrogen (secondary N) is 1. The molecule has 0 radical (unpaired) electrons. The Hall–Kier alpha value is -1.37. The molecular formula is C14H21N3. The molecular weight excluding hydrogens is 210 g/mol. The first-order valence-corrected chi connectivity index (χ1v) is 5.99. The molecule has 0 fully saturated rings. The van der Waals surface area contributed by atoms with Crippen LogP contribution in [0.15, 0.2) is 24.3 Å². The lowest BCUT2D eigenvalue weighted by atomic mass is 10.1. The van der Waals surface area contributed by atoms with E-state index in [1.165, 1.54) is 5.56 Å². The van der Waals surface area contributed by atoms with E-state index < -0.39 is 0 Å². The van der Waals surface area contributed by atoms with Gasteiger partial charge in [-0.1, -0.05) is 12.1 Å². The van der Waals surface area contributed by atoms with Crippen LogP contribution < -0.4 is 5.32 Å². The van der Waals surface area contributed by atoms with Gasteiger partial charge in [-0.25, -0.2) is 0 Å². The topological polar surface area (TPSA) is 39.1 Å². The first-order chi connectivity index (χ1) is 8.11. The van der Waals surface area contributed by atoms with E-state index in [2.05, 4.69) is 37.3 Å². The zero-order valence-corrected chi connectivity index (χ0v) is 10.9. The Kier molecular flexibility index (Phi) is 5.68. The molecule has 0 aliphatic rings. The van der Waals surface area contributed by atoms with E-state index in [0.29, 0.717) is 6.04 Å². The lowest BCUT2D eigenvalue weighted by molar-refractivity contribution is 0.365. The average molecular weight is 231 g/mol. The third-order valence-corrected chi connectivity index (χ3v) is 2.75. The zero-order valence-electron chi connectivity index (χ0n) is 10.9. The monoisotopic (exact) mass is 231 g/mol. The van der Waals surface area contributed by atoms with E-state index in [4.69, 9.17) is 5.26 Å². The summed E-state index contributed by atoms with van der Waals surface area (Å²) in [6, 6.07) is 10.4. The number of nitriles is 1. The minimum atomic E-state index is 0.507. The second-order valence-corrected chi connectivity index (χ2v) is 4.68. The van der Waals surface area contributed by atoms with Gasteiger partial charge in [-0.15, -0.1) is 0 Å². The highest BCUT2D eigenvalue weighted by Crippen LogP contribution is 2.03. The Morgan fingerprint density at radius 2 is 1.94 bits per heavy atom. The fourth-order valence-electron chi connectivity index (χ4n) is 1.54. The van der Waals surface area contributed by atoms with Gasteiger partial charge in [0.25, 0.3) is 0 Å². The van der Waals surface area contributed by atoms with Crippen LogP contribution >= 0.6 is 0 Å². The predicted molar refractivity (Wildman–Crippen MR) is 70.6 cm³/mol. The van der Waals surface area contributed by atoms with Crippen molar-refractivity contribution in [3.63, 3.8) is 0 Å². The Labute approximate surface area is 104 Å². The molecule has 92 valence electrons. The van der Waals surface area contributed by atoms with Crippen LogP contribution in [0.3, 0.4) is 0 Å². The predicted octanol–water partition coefficient (Wildman–Crippen LogP) is 1.99. The van der Waals surface area contributed by atoms with Crippen LogP contribution in [-0.4, -0.2) is 31.6 Å². The Balaban J connectivity index is 2.32. The second-order valence-electron chi connectivity index (χ2n) is 4.68. The number of benzene rings is 1. The summed E-state index contributed by atoms with van der Waals surface area (Å²) in [5.74, 6) is 0. The number of rotatable bonds is 6. The van der Waals surface area contributed by atoms with Gasteiger partial charge in [0.05, 0.1) is 11.6 Å². The molecule has 0 aliphatic heterocycles. The smallest absolute Gasteiger partial charge is 0.0991 e. The molecule has 0 bridgehead atoms. The van der Waals surface area contributed by atoms with Gasteiger partial charge in [-0.2, -0.15) is 5.26 Å². The molecule has 17 heavy (non-hydrogen) atoms. The van der Waals surface area contributed by atoms with E-state index in [1.807, 2.05) is 24.3 Å². The van der Waals surface area contributed by atoms with Gasteiger partial charge in [0, 0.05) is 12.6 Å². The summed E-state index contributed by atoms with van der Waals surface area (Å²) in [5.41, 5.74) is 1.94. The minimum absolute atomic E-state index is 0.507. The van der Waals surface area contributed by atoms with Gasteiger partial charge in [0.2, 0.25) is 0 Å². The van der Waals surface area contributed by atoms with Crippen molar-refractivity contribution < 1.29 is 0 Å². The fraction of sp³-hybridized carbons (Fsp3) is 0.500. The second kappa shape index (κ2) is 7.05. The standard InChI is InChI=1S/C14H21N3/c1-12(8-9-17(2)3)16-11-14-6-4-13(10-15)5-7-14/h4-7,12,16H,8-9,11H2,1-3H3. The maximum atomic E-state index is 8.70. The molecule has 0 heterocycles. The molecule has 1 aromatic rings. The molecule has 3 nitrogen and oxygen atoms in total. The van der Waals surface area contributed by atoms with Crippen LogP contribution in [0.2, 0.25) is 0 Å². The Bertz CT molecular complexity index is 362. The molecule has 0 amide bonds. The fourth-order valence-corrected chi connectivity index (χ4v) is 1.54. The summed E-state index contributed by atoms with van der Waals surface area (Å²) in [4.78, 5) is 2.19. The molecule has 0 aliphatic carbocycles. The molecule has 0 saturated heterocycles. The first kappa shape index (κ1) is 13.7. The molecule has 1 N–H and O–H groups in total. The van der Waals surface area contributed by atoms with Crippen molar-refractivity contribution in [2.45, 2.75) is 25.9 Å². The van der Waals surface area contributed by atoms with Crippen molar-refractivity contribution in [3.05, 3.63) is 35.4 Å². The van der Waals surface area contributed by atoms with E-state index in [-0.39, 0.29) is 0 Å². The number of hydrogen-bond donors (Lipinski definition) is 1. The molecule has 1 aromatic carbocycles. The van der Waals surface area contributed by atoms with Gasteiger partial charge in [0.1, 0.15) is 0 Å². The van der Waals surface area contributed by atoms with E-state index >= 15 is 0 Å².